The highest BCUT2D eigenvalue weighted by Crippen LogP contribution is 2.23. The summed E-state index contributed by atoms with van der Waals surface area (Å²) in [6, 6.07) is 21.5. The van der Waals surface area contributed by atoms with Crippen molar-refractivity contribution in [3.63, 3.8) is 0 Å². The molecule has 0 unspecified atom stereocenters. The Morgan fingerprint density at radius 3 is 2.29 bits per heavy atom. The number of carbonyl (C=O) groups is 1. The Morgan fingerprint density at radius 2 is 1.61 bits per heavy atom. The van der Waals surface area contributed by atoms with Gasteiger partial charge >= 0.3 is 5.97 Å². The van der Waals surface area contributed by atoms with E-state index in [-0.39, 0.29) is 12.1 Å². The van der Waals surface area contributed by atoms with Gasteiger partial charge in [-0.3, -0.25) is 4.57 Å². The monoisotopic (exact) mass is 412 g/mol. The fourth-order valence-corrected chi connectivity index (χ4v) is 3.34. The summed E-state index contributed by atoms with van der Waals surface area (Å²) in [5.41, 5.74) is 5.59. The van der Waals surface area contributed by atoms with Crippen LogP contribution in [0.3, 0.4) is 0 Å². The molecule has 0 aliphatic rings. The van der Waals surface area contributed by atoms with Crippen LogP contribution in [0.2, 0.25) is 0 Å². The Kier molecular flexibility index (Phi) is 5.85. The second-order valence-electron chi connectivity index (χ2n) is 7.47. The van der Waals surface area contributed by atoms with E-state index in [0.717, 1.165) is 33.6 Å². The van der Waals surface area contributed by atoms with Gasteiger partial charge in [-0.15, -0.1) is 0 Å². The second kappa shape index (κ2) is 8.88. The van der Waals surface area contributed by atoms with Crippen molar-refractivity contribution in [3.8, 4) is 11.4 Å². The van der Waals surface area contributed by atoms with Gasteiger partial charge in [-0.1, -0.05) is 30.4 Å². The molecule has 4 aromatic rings. The maximum absolute atomic E-state index is 11.5. The normalized spacial score (nSPS) is 11.4. The molecule has 0 radical (unpaired) electrons. The molecule has 156 valence electrons. The molecule has 0 saturated carbocycles. The molecule has 4 rings (SSSR count). The van der Waals surface area contributed by atoms with Crippen LogP contribution in [0, 0.1) is 0 Å². The lowest BCUT2D eigenvalue weighted by Gasteiger charge is -2.10. The van der Waals surface area contributed by atoms with Gasteiger partial charge in [0.2, 0.25) is 0 Å². The van der Waals surface area contributed by atoms with Crippen LogP contribution in [0.4, 0.5) is 0 Å². The van der Waals surface area contributed by atoms with Crippen LogP contribution in [0.15, 0.2) is 73.1 Å². The fourth-order valence-electron chi connectivity index (χ4n) is 3.34. The summed E-state index contributed by atoms with van der Waals surface area (Å²) in [6.07, 6.45) is 6.02. The Hall–Kier alpha value is -3.86. The zero-order valence-electron chi connectivity index (χ0n) is 17.8. The van der Waals surface area contributed by atoms with E-state index in [9.17, 15) is 4.79 Å². The lowest BCUT2D eigenvalue weighted by Crippen LogP contribution is -2.05. The molecule has 0 amide bonds. The van der Waals surface area contributed by atoms with Crippen molar-refractivity contribution in [2.24, 2.45) is 0 Å². The van der Waals surface area contributed by atoms with E-state index in [1.165, 1.54) is 7.11 Å². The number of aromatic nitrogens is 2. The molecule has 1 heterocycles. The number of esters is 1. The number of ether oxygens (including phenoxy) is 2. The van der Waals surface area contributed by atoms with E-state index in [1.54, 1.807) is 12.1 Å². The average molecular weight is 412 g/mol. The van der Waals surface area contributed by atoms with E-state index in [2.05, 4.69) is 27.8 Å². The van der Waals surface area contributed by atoms with Gasteiger partial charge in [0.25, 0.3) is 0 Å². The van der Waals surface area contributed by atoms with E-state index in [1.807, 2.05) is 68.7 Å². The van der Waals surface area contributed by atoms with Gasteiger partial charge < -0.3 is 9.47 Å². The lowest BCUT2D eigenvalue weighted by atomic mass is 10.1. The molecule has 0 aliphatic carbocycles. The quantitative estimate of drug-likeness (QED) is 0.298. The molecule has 0 saturated heterocycles. The first-order valence-corrected chi connectivity index (χ1v) is 10.1. The number of rotatable bonds is 6. The number of methoxy groups -OCH3 is 1. The van der Waals surface area contributed by atoms with Gasteiger partial charge in [-0.2, -0.15) is 0 Å². The van der Waals surface area contributed by atoms with Crippen molar-refractivity contribution >= 4 is 29.2 Å². The number of benzene rings is 3. The summed E-state index contributed by atoms with van der Waals surface area (Å²) in [6.45, 7) is 4.03. The number of hydrogen-bond acceptors (Lipinski definition) is 4. The molecule has 1 aromatic heterocycles. The Labute approximate surface area is 181 Å². The second-order valence-corrected chi connectivity index (χ2v) is 7.47. The van der Waals surface area contributed by atoms with E-state index < -0.39 is 0 Å². The van der Waals surface area contributed by atoms with Crippen LogP contribution < -0.4 is 4.74 Å². The van der Waals surface area contributed by atoms with Crippen molar-refractivity contribution < 1.29 is 14.3 Å². The molecule has 5 heteroatoms. The number of imidazole rings is 1. The average Bonchev–Trinajstić information content (AvgIpc) is 3.21. The van der Waals surface area contributed by atoms with Crippen molar-refractivity contribution in [2.45, 2.75) is 20.0 Å². The SMILES string of the molecule is COC(=O)c1ccc(C=Cc2ccc3c(c2)ncn3-c2ccc(OC(C)C)cc2)cc1. The van der Waals surface area contributed by atoms with Crippen LogP contribution in [-0.2, 0) is 4.74 Å². The molecule has 0 bridgehead atoms. The molecule has 0 spiro atoms. The maximum atomic E-state index is 11.5. The minimum Gasteiger partial charge on any atom is -0.491 e. The third-order valence-electron chi connectivity index (χ3n) is 4.86. The van der Waals surface area contributed by atoms with Crippen molar-refractivity contribution in [3.05, 3.63) is 89.7 Å². The number of nitrogens with zero attached hydrogens (tertiary/aromatic N) is 2. The molecular weight excluding hydrogens is 388 g/mol. The number of carbonyl (C=O) groups excluding carboxylic acids is 1. The number of fused-ring (bicyclic) bond motifs is 1. The predicted molar refractivity (Wildman–Crippen MR) is 124 cm³/mol. The minimum atomic E-state index is -0.335. The van der Waals surface area contributed by atoms with Crippen LogP contribution in [0.25, 0.3) is 28.9 Å². The first kappa shape index (κ1) is 20.4. The van der Waals surface area contributed by atoms with E-state index >= 15 is 0 Å². The summed E-state index contributed by atoms with van der Waals surface area (Å²) in [7, 11) is 1.38. The summed E-state index contributed by atoms with van der Waals surface area (Å²) in [5.74, 6) is 0.522. The summed E-state index contributed by atoms with van der Waals surface area (Å²) in [4.78, 5) is 16.1. The third-order valence-corrected chi connectivity index (χ3v) is 4.86. The van der Waals surface area contributed by atoms with Crippen LogP contribution >= 0.6 is 0 Å². The molecule has 5 nitrogen and oxygen atoms in total. The van der Waals surface area contributed by atoms with Crippen LogP contribution in [0.5, 0.6) is 5.75 Å². The van der Waals surface area contributed by atoms with Gasteiger partial charge in [0.05, 0.1) is 29.8 Å². The molecule has 0 N–H and O–H groups in total. The third kappa shape index (κ3) is 4.67. The van der Waals surface area contributed by atoms with Crippen LogP contribution in [0.1, 0.15) is 35.3 Å². The zero-order chi connectivity index (χ0) is 21.8. The lowest BCUT2D eigenvalue weighted by molar-refractivity contribution is 0.0600. The number of hydrogen-bond donors (Lipinski definition) is 0. The smallest absolute Gasteiger partial charge is 0.337 e. The van der Waals surface area contributed by atoms with Gasteiger partial charge in [0.15, 0.2) is 0 Å². The van der Waals surface area contributed by atoms with E-state index in [0.29, 0.717) is 5.56 Å². The van der Waals surface area contributed by atoms with Gasteiger partial charge in [-0.25, -0.2) is 9.78 Å². The Bertz CT molecular complexity index is 1220. The molecule has 0 fully saturated rings. The highest BCUT2D eigenvalue weighted by atomic mass is 16.5. The van der Waals surface area contributed by atoms with E-state index in [4.69, 9.17) is 9.47 Å². The minimum absolute atomic E-state index is 0.150. The first-order valence-electron chi connectivity index (χ1n) is 10.1. The Balaban J connectivity index is 1.53. The molecular formula is C26H24N2O3. The van der Waals surface area contributed by atoms with Gasteiger partial charge in [0, 0.05) is 5.69 Å². The highest BCUT2D eigenvalue weighted by molar-refractivity contribution is 5.89. The first-order chi connectivity index (χ1) is 15.0. The molecule has 3 aromatic carbocycles. The standard InChI is InChI=1S/C26H24N2O3/c1-18(2)31-23-13-11-22(12-14-23)28-17-27-24-16-20(8-15-25(24)28)5-4-19-6-9-21(10-7-19)26(29)30-3/h4-18H,1-3H3. The molecule has 0 aliphatic heterocycles. The van der Waals surface area contributed by atoms with Crippen molar-refractivity contribution in [1.29, 1.82) is 0 Å². The fraction of sp³-hybridized carbons (Fsp3) is 0.154. The summed E-state index contributed by atoms with van der Waals surface area (Å²) < 4.78 is 12.5. The molecule has 31 heavy (non-hydrogen) atoms. The van der Waals surface area contributed by atoms with Crippen LogP contribution in [-0.4, -0.2) is 28.7 Å². The largest absolute Gasteiger partial charge is 0.491 e. The topological polar surface area (TPSA) is 53.3 Å². The Morgan fingerprint density at radius 1 is 0.935 bits per heavy atom. The van der Waals surface area contributed by atoms with Crippen molar-refractivity contribution in [1.82, 2.24) is 9.55 Å². The summed E-state index contributed by atoms with van der Waals surface area (Å²) in [5, 5.41) is 0. The van der Waals surface area contributed by atoms with Gasteiger partial charge in [-0.05, 0) is 73.5 Å². The predicted octanol–water partition coefficient (Wildman–Crippen LogP) is 5.77. The zero-order valence-corrected chi connectivity index (χ0v) is 17.8. The van der Waals surface area contributed by atoms with Gasteiger partial charge in [0.1, 0.15) is 12.1 Å². The highest BCUT2D eigenvalue weighted by Gasteiger charge is 2.06. The maximum Gasteiger partial charge on any atom is 0.337 e. The molecule has 0 atom stereocenters. The summed E-state index contributed by atoms with van der Waals surface area (Å²) >= 11 is 0. The van der Waals surface area contributed by atoms with Crippen molar-refractivity contribution in [2.75, 3.05) is 7.11 Å².